The maximum atomic E-state index is 10.3. The molecular weight excluding hydrogens is 332 g/mol. The molecule has 2 nitrogen and oxygen atoms in total. The van der Waals surface area contributed by atoms with E-state index in [1.165, 1.54) is 36.0 Å². The molecule has 1 N–H and O–H groups in total. The zero-order valence-corrected chi connectivity index (χ0v) is 18.5. The van der Waals surface area contributed by atoms with Gasteiger partial charge in [-0.25, -0.2) is 18.6 Å². The van der Waals surface area contributed by atoms with Crippen LogP contribution in [0.25, 0.3) is 0 Å². The molecule has 0 aromatic carbocycles. The first-order valence-corrected chi connectivity index (χ1v) is 10.9. The van der Waals surface area contributed by atoms with Crippen LogP contribution in [0.5, 0.6) is 0 Å². The van der Waals surface area contributed by atoms with Gasteiger partial charge in [0.15, 0.2) is 0 Å². The fourth-order valence-electron chi connectivity index (χ4n) is 4.85. The summed E-state index contributed by atoms with van der Waals surface area (Å²) in [7, 11) is 0. The van der Waals surface area contributed by atoms with E-state index in [0.29, 0.717) is 0 Å². The predicted octanol–water partition coefficient (Wildman–Crippen LogP) is 6.71. The van der Waals surface area contributed by atoms with E-state index in [2.05, 4.69) is 47.6 Å². The Labute approximate surface area is 167 Å². The standard InChI is InChI=1S/C25H41O2/c1-8-25-21(6)20(5)23(26)17-22(25)14-16-24(7,27-25)15-10-13-19(4)12-9-11-18(2)3/h11,17,19,23,26H,2,8-10,12-16H2,1,3-7H3/q-1. The zero-order valence-electron chi connectivity index (χ0n) is 18.5. The number of rotatable bonds is 9. The lowest BCUT2D eigenvalue weighted by Gasteiger charge is -2.51. The molecule has 1 aliphatic heterocycles. The highest BCUT2D eigenvalue weighted by Crippen LogP contribution is 2.50. The number of aliphatic hydroxyl groups is 1. The molecule has 2 rings (SSSR count). The fourth-order valence-corrected chi connectivity index (χ4v) is 4.85. The number of hydrogen-bond acceptors (Lipinski definition) is 2. The van der Waals surface area contributed by atoms with E-state index in [9.17, 15) is 5.11 Å². The third kappa shape index (κ3) is 5.09. The van der Waals surface area contributed by atoms with Gasteiger partial charge < -0.3 is 9.84 Å². The molecule has 2 heteroatoms. The van der Waals surface area contributed by atoms with Gasteiger partial charge in [-0.15, -0.1) is 6.42 Å². The first kappa shape index (κ1) is 22.3. The second-order valence-electron chi connectivity index (χ2n) is 9.30. The van der Waals surface area contributed by atoms with Crippen LogP contribution in [0, 0.1) is 12.3 Å². The van der Waals surface area contributed by atoms with Gasteiger partial charge in [0.2, 0.25) is 0 Å². The Hall–Kier alpha value is -0.990. The Bertz CT molecular complexity index is 599. The molecule has 0 amide bonds. The second kappa shape index (κ2) is 9.01. The molecule has 0 aromatic rings. The number of allylic oxidation sites excluding steroid dienone is 1. The van der Waals surface area contributed by atoms with Gasteiger partial charge >= 0.3 is 0 Å². The number of ether oxygens (including phenoxy) is 1. The van der Waals surface area contributed by atoms with Crippen molar-refractivity contribution in [1.29, 1.82) is 0 Å². The molecule has 4 atom stereocenters. The Morgan fingerprint density at radius 3 is 2.74 bits per heavy atom. The molecule has 1 aliphatic carbocycles. The van der Waals surface area contributed by atoms with Crippen LogP contribution in [0.1, 0.15) is 92.9 Å². The van der Waals surface area contributed by atoms with Crippen molar-refractivity contribution >= 4 is 0 Å². The molecule has 4 unspecified atom stereocenters. The van der Waals surface area contributed by atoms with Gasteiger partial charge in [0.25, 0.3) is 0 Å². The van der Waals surface area contributed by atoms with Crippen molar-refractivity contribution in [1.82, 2.24) is 0 Å². The van der Waals surface area contributed by atoms with E-state index < -0.39 is 6.10 Å². The lowest BCUT2D eigenvalue weighted by molar-refractivity contribution is -0.144. The van der Waals surface area contributed by atoms with Gasteiger partial charge in [-0.2, -0.15) is 0 Å². The zero-order chi connectivity index (χ0) is 20.2. The second-order valence-corrected chi connectivity index (χ2v) is 9.30. The molecule has 1 heterocycles. The molecule has 0 bridgehead atoms. The minimum absolute atomic E-state index is 0.0687. The highest BCUT2D eigenvalue weighted by Gasteiger charge is 2.48. The van der Waals surface area contributed by atoms with Crippen LogP contribution in [0.3, 0.4) is 0 Å². The predicted molar refractivity (Wildman–Crippen MR) is 116 cm³/mol. The lowest BCUT2D eigenvalue weighted by Crippen LogP contribution is -2.51. The van der Waals surface area contributed by atoms with Gasteiger partial charge in [-0.1, -0.05) is 40.0 Å². The van der Waals surface area contributed by atoms with Crippen LogP contribution in [0.2, 0.25) is 0 Å². The monoisotopic (exact) mass is 373 g/mol. The molecule has 0 radical (unpaired) electrons. The maximum Gasteiger partial charge on any atom is 0.111 e. The number of aliphatic hydroxyl groups excluding tert-OH is 1. The largest absolute Gasteiger partial charge is 0.385 e. The molecule has 0 saturated carbocycles. The lowest BCUT2D eigenvalue weighted by atomic mass is 9.70. The SMILES string of the molecule is C=C(C)[CH-]CCC(C)CCCC1(C)CCC2=CC(O)C(C)=C(C)C2(CC)O1. The molecule has 1 fully saturated rings. The molecule has 154 valence electrons. The first-order valence-electron chi connectivity index (χ1n) is 10.9. The third-order valence-electron chi connectivity index (χ3n) is 6.92. The summed E-state index contributed by atoms with van der Waals surface area (Å²) < 4.78 is 6.89. The summed E-state index contributed by atoms with van der Waals surface area (Å²) in [6.45, 7) is 17.1. The Morgan fingerprint density at radius 1 is 1.41 bits per heavy atom. The first-order chi connectivity index (χ1) is 12.6. The number of hydrogen-bond donors (Lipinski definition) is 1. The van der Waals surface area contributed by atoms with E-state index in [0.717, 1.165) is 43.6 Å². The minimum atomic E-state index is -0.440. The Balaban J connectivity index is 1.95. The van der Waals surface area contributed by atoms with Gasteiger partial charge in [-0.05, 0) is 75.2 Å². The third-order valence-corrected chi connectivity index (χ3v) is 6.92. The van der Waals surface area contributed by atoms with Crippen molar-refractivity contribution in [3.63, 3.8) is 0 Å². The Kier molecular flexibility index (Phi) is 7.44. The quantitative estimate of drug-likeness (QED) is 0.359. The van der Waals surface area contributed by atoms with Gasteiger partial charge in [0.05, 0.1) is 11.7 Å². The van der Waals surface area contributed by atoms with Crippen molar-refractivity contribution in [2.75, 3.05) is 0 Å². The van der Waals surface area contributed by atoms with E-state index in [1.807, 2.05) is 13.0 Å². The summed E-state index contributed by atoms with van der Waals surface area (Å²) in [5.74, 6) is 0.747. The van der Waals surface area contributed by atoms with Crippen LogP contribution in [0.4, 0.5) is 0 Å². The maximum absolute atomic E-state index is 10.3. The normalized spacial score (nSPS) is 32.0. The van der Waals surface area contributed by atoms with Crippen molar-refractivity contribution in [3.05, 3.63) is 41.4 Å². The molecule has 1 saturated heterocycles. The fraction of sp³-hybridized carbons (Fsp3) is 0.720. The van der Waals surface area contributed by atoms with Crippen molar-refractivity contribution in [3.8, 4) is 0 Å². The van der Waals surface area contributed by atoms with Crippen molar-refractivity contribution in [2.45, 2.75) is 110 Å². The van der Waals surface area contributed by atoms with Crippen LogP contribution in [0.15, 0.2) is 34.9 Å². The van der Waals surface area contributed by atoms with Gasteiger partial charge in [0.1, 0.15) is 5.60 Å². The summed E-state index contributed by atoms with van der Waals surface area (Å²) in [6, 6.07) is 0. The van der Waals surface area contributed by atoms with E-state index in [4.69, 9.17) is 4.74 Å². The van der Waals surface area contributed by atoms with Crippen LogP contribution < -0.4 is 0 Å². The van der Waals surface area contributed by atoms with Gasteiger partial charge in [0, 0.05) is 0 Å². The average Bonchev–Trinajstić information content (AvgIpc) is 2.60. The summed E-state index contributed by atoms with van der Waals surface area (Å²) in [6.07, 6.45) is 12.9. The Morgan fingerprint density at radius 2 is 2.11 bits per heavy atom. The smallest absolute Gasteiger partial charge is 0.111 e. The van der Waals surface area contributed by atoms with Crippen LogP contribution in [-0.2, 0) is 4.74 Å². The highest BCUT2D eigenvalue weighted by atomic mass is 16.5. The van der Waals surface area contributed by atoms with E-state index in [-0.39, 0.29) is 11.2 Å². The molecule has 0 aromatic heterocycles. The summed E-state index contributed by atoms with van der Waals surface area (Å²) in [5, 5.41) is 10.3. The molecule has 0 spiro atoms. The topological polar surface area (TPSA) is 29.5 Å². The van der Waals surface area contributed by atoms with Gasteiger partial charge in [-0.3, -0.25) is 0 Å². The minimum Gasteiger partial charge on any atom is -0.385 e. The summed E-state index contributed by atoms with van der Waals surface area (Å²) in [4.78, 5) is 0. The van der Waals surface area contributed by atoms with E-state index in [1.54, 1.807) is 0 Å². The summed E-state index contributed by atoms with van der Waals surface area (Å²) in [5.41, 5.74) is 4.40. The van der Waals surface area contributed by atoms with Crippen molar-refractivity contribution < 1.29 is 9.84 Å². The summed E-state index contributed by atoms with van der Waals surface area (Å²) >= 11 is 0. The van der Waals surface area contributed by atoms with E-state index >= 15 is 0 Å². The van der Waals surface area contributed by atoms with Crippen LogP contribution in [-0.4, -0.2) is 22.4 Å². The molecule has 2 aliphatic rings. The highest BCUT2D eigenvalue weighted by molar-refractivity contribution is 5.44. The number of fused-ring (bicyclic) bond motifs is 1. The molecule has 27 heavy (non-hydrogen) atoms. The van der Waals surface area contributed by atoms with Crippen LogP contribution >= 0.6 is 0 Å². The van der Waals surface area contributed by atoms with Crippen molar-refractivity contribution in [2.24, 2.45) is 5.92 Å². The average molecular weight is 374 g/mol. The molecular formula is C25H41O2-.